The van der Waals surface area contributed by atoms with Gasteiger partial charge < -0.3 is 15.2 Å². The van der Waals surface area contributed by atoms with Crippen molar-refractivity contribution < 1.29 is 28.8 Å². The number of hydrogen-bond donors (Lipinski definition) is 1. The molecule has 0 aromatic rings. The van der Waals surface area contributed by atoms with Crippen LogP contribution in [0.25, 0.3) is 0 Å². The van der Waals surface area contributed by atoms with E-state index in [4.69, 9.17) is 0 Å². The second-order valence-corrected chi connectivity index (χ2v) is 1.97. The van der Waals surface area contributed by atoms with E-state index in [9.17, 15) is 9.90 Å². The van der Waals surface area contributed by atoms with Crippen LogP contribution in [0.4, 0.5) is 0 Å². The number of rotatable bonds is 1. The maximum Gasteiger partial charge on any atom is 1.00 e. The van der Waals surface area contributed by atoms with Gasteiger partial charge in [0.05, 0.1) is 5.97 Å². The van der Waals surface area contributed by atoms with Crippen molar-refractivity contribution in [3.05, 3.63) is 0 Å². The van der Waals surface area contributed by atoms with Gasteiger partial charge in [-0.1, -0.05) is 0 Å². The van der Waals surface area contributed by atoms with Gasteiger partial charge in [-0.3, -0.25) is 0 Å². The summed E-state index contributed by atoms with van der Waals surface area (Å²) in [6.07, 6.45) is 1.68. The summed E-state index contributed by atoms with van der Waals surface area (Å²) in [6, 6.07) is -0.380. The van der Waals surface area contributed by atoms with Crippen LogP contribution in [0.3, 0.4) is 0 Å². The van der Waals surface area contributed by atoms with Crippen molar-refractivity contribution in [1.29, 1.82) is 0 Å². The Labute approximate surface area is 66.0 Å². The maximum atomic E-state index is 10.0. The smallest absolute Gasteiger partial charge is 0.548 e. The number of hydrogen-bond acceptors (Lipinski definition) is 3. The van der Waals surface area contributed by atoms with Crippen molar-refractivity contribution in [2.75, 3.05) is 6.54 Å². The summed E-state index contributed by atoms with van der Waals surface area (Å²) < 4.78 is 0. The Bertz CT molecular complexity index is 101. The molecule has 0 spiro atoms. The molecule has 0 saturated carbocycles. The fraction of sp³-hybridized carbons (Fsp3) is 0.800. The van der Waals surface area contributed by atoms with Gasteiger partial charge >= 0.3 is 18.9 Å². The Morgan fingerprint density at radius 2 is 2.33 bits per heavy atom. The first-order valence-electron chi connectivity index (χ1n) is 2.75. The minimum absolute atomic E-state index is 0. The van der Waals surface area contributed by atoms with E-state index in [2.05, 4.69) is 5.32 Å². The molecule has 0 aromatic heterocycles. The van der Waals surface area contributed by atoms with E-state index in [1.807, 2.05) is 0 Å². The molecule has 3 nitrogen and oxygen atoms in total. The number of carboxylic acid groups (broad SMARTS) is 1. The SMILES string of the molecule is O=C([O-])[C@@H]1CCCN1.[Li+]. The number of aliphatic carboxylic acids is 1. The molecule has 0 unspecified atom stereocenters. The zero-order valence-corrected chi connectivity index (χ0v) is 5.52. The number of carboxylic acids is 1. The molecule has 1 aliphatic rings. The molecule has 1 atom stereocenters. The van der Waals surface area contributed by atoms with Crippen molar-refractivity contribution >= 4 is 5.97 Å². The van der Waals surface area contributed by atoms with Gasteiger partial charge in [0.25, 0.3) is 0 Å². The molecule has 0 radical (unpaired) electrons. The molecule has 0 aromatic carbocycles. The Morgan fingerprint density at radius 3 is 2.56 bits per heavy atom. The molecule has 1 rings (SSSR count). The summed E-state index contributed by atoms with van der Waals surface area (Å²) in [5.41, 5.74) is 0. The van der Waals surface area contributed by atoms with Crippen LogP contribution in [0.2, 0.25) is 0 Å². The van der Waals surface area contributed by atoms with Crippen LogP contribution >= 0.6 is 0 Å². The van der Waals surface area contributed by atoms with Crippen LogP contribution in [0.1, 0.15) is 12.8 Å². The third-order valence-corrected chi connectivity index (χ3v) is 1.34. The predicted octanol–water partition coefficient (Wildman–Crippen LogP) is -4.51. The van der Waals surface area contributed by atoms with E-state index in [1.54, 1.807) is 0 Å². The van der Waals surface area contributed by atoms with E-state index in [1.165, 1.54) is 0 Å². The Balaban J connectivity index is 0.000000640. The monoisotopic (exact) mass is 121 g/mol. The van der Waals surface area contributed by atoms with Gasteiger partial charge in [0.15, 0.2) is 0 Å². The standard InChI is InChI=1S/C5H9NO2.Li/c7-5(8)4-2-1-3-6-4;/h4,6H,1-3H2,(H,7,8);/q;+1/p-1/t4-;/m0./s1. The van der Waals surface area contributed by atoms with Crippen molar-refractivity contribution in [1.82, 2.24) is 5.32 Å². The summed E-state index contributed by atoms with van der Waals surface area (Å²) in [5, 5.41) is 12.8. The van der Waals surface area contributed by atoms with Crippen LogP contribution in [-0.4, -0.2) is 18.6 Å². The molecule has 1 fully saturated rings. The fourth-order valence-corrected chi connectivity index (χ4v) is 0.886. The summed E-state index contributed by atoms with van der Waals surface area (Å²) in [4.78, 5) is 10.0. The van der Waals surface area contributed by atoms with Crippen LogP contribution in [-0.2, 0) is 4.79 Å². The van der Waals surface area contributed by atoms with E-state index in [0.717, 1.165) is 19.4 Å². The Hall–Kier alpha value is 0.0274. The first-order chi connectivity index (χ1) is 3.80. The minimum Gasteiger partial charge on any atom is -0.548 e. The Morgan fingerprint density at radius 1 is 1.67 bits per heavy atom. The molecular formula is C5H8LiNO2. The van der Waals surface area contributed by atoms with Crippen molar-refractivity contribution in [3.63, 3.8) is 0 Å². The van der Waals surface area contributed by atoms with Crippen molar-refractivity contribution in [2.24, 2.45) is 0 Å². The zero-order chi connectivity index (χ0) is 5.98. The van der Waals surface area contributed by atoms with Gasteiger partial charge in [-0.2, -0.15) is 0 Å². The molecule has 4 heteroatoms. The van der Waals surface area contributed by atoms with Crippen LogP contribution < -0.4 is 29.3 Å². The molecule has 1 heterocycles. The molecule has 1 aliphatic heterocycles. The Kier molecular flexibility index (Phi) is 3.95. The quantitative estimate of drug-likeness (QED) is 0.356. The van der Waals surface area contributed by atoms with E-state index < -0.39 is 5.97 Å². The molecule has 9 heavy (non-hydrogen) atoms. The second-order valence-electron chi connectivity index (χ2n) is 1.97. The molecule has 0 bridgehead atoms. The number of carbonyl (C=O) groups is 1. The first-order valence-corrected chi connectivity index (χ1v) is 2.75. The summed E-state index contributed by atoms with van der Waals surface area (Å²) >= 11 is 0. The van der Waals surface area contributed by atoms with Gasteiger partial charge in [0, 0.05) is 6.04 Å². The zero-order valence-electron chi connectivity index (χ0n) is 5.52. The molecule has 1 saturated heterocycles. The van der Waals surface area contributed by atoms with Crippen LogP contribution in [0, 0.1) is 0 Å². The van der Waals surface area contributed by atoms with Crippen molar-refractivity contribution in [2.45, 2.75) is 18.9 Å². The average molecular weight is 121 g/mol. The van der Waals surface area contributed by atoms with E-state index >= 15 is 0 Å². The van der Waals surface area contributed by atoms with E-state index in [-0.39, 0.29) is 24.9 Å². The van der Waals surface area contributed by atoms with Gasteiger partial charge in [-0.05, 0) is 19.4 Å². The molecule has 1 N–H and O–H groups in total. The third kappa shape index (κ3) is 2.40. The second kappa shape index (κ2) is 3.94. The molecule has 0 amide bonds. The molecule has 0 aliphatic carbocycles. The van der Waals surface area contributed by atoms with Crippen molar-refractivity contribution in [3.8, 4) is 0 Å². The van der Waals surface area contributed by atoms with Crippen LogP contribution in [0.15, 0.2) is 0 Å². The predicted molar refractivity (Wildman–Crippen MR) is 26.0 cm³/mol. The maximum absolute atomic E-state index is 10.0. The number of carbonyl (C=O) groups excluding carboxylic acids is 1. The number of nitrogens with one attached hydrogen (secondary N) is 1. The fourth-order valence-electron chi connectivity index (χ4n) is 0.886. The normalized spacial score (nSPS) is 25.1. The topological polar surface area (TPSA) is 52.2 Å². The molecule has 46 valence electrons. The average Bonchev–Trinajstić information content (AvgIpc) is 2.12. The largest absolute Gasteiger partial charge is 1.00 e. The summed E-state index contributed by atoms with van der Waals surface area (Å²) in [6.45, 7) is 0.818. The van der Waals surface area contributed by atoms with Gasteiger partial charge in [-0.15, -0.1) is 0 Å². The van der Waals surface area contributed by atoms with Gasteiger partial charge in [0.1, 0.15) is 0 Å². The van der Waals surface area contributed by atoms with E-state index in [0.29, 0.717) is 0 Å². The van der Waals surface area contributed by atoms with Crippen LogP contribution in [0.5, 0.6) is 0 Å². The summed E-state index contributed by atoms with van der Waals surface area (Å²) in [5.74, 6) is -0.970. The molecular weight excluding hydrogens is 113 g/mol. The summed E-state index contributed by atoms with van der Waals surface area (Å²) in [7, 11) is 0. The van der Waals surface area contributed by atoms with Gasteiger partial charge in [0.2, 0.25) is 0 Å². The third-order valence-electron chi connectivity index (χ3n) is 1.34. The first kappa shape index (κ1) is 9.03. The van der Waals surface area contributed by atoms with Gasteiger partial charge in [-0.25, -0.2) is 0 Å². The minimum atomic E-state index is -0.970.